The summed E-state index contributed by atoms with van der Waals surface area (Å²) in [5, 5.41) is 2.88. The molecule has 0 unspecified atom stereocenters. The standard InChI is InChI=1S/C14H21N3O2.ClH/c1-19-13-6-4-12(5-7-13)16-14(18)10-17-8-2-3-11(15)9-17;/h4-7,11H,2-3,8-10,15H2,1H3,(H,16,18);1H/t11-;/m1./s1. The molecule has 1 aromatic carbocycles. The van der Waals surface area contributed by atoms with Crippen molar-refractivity contribution < 1.29 is 9.53 Å². The molecule has 1 aliphatic rings. The summed E-state index contributed by atoms with van der Waals surface area (Å²) >= 11 is 0. The van der Waals surface area contributed by atoms with E-state index in [1.54, 1.807) is 7.11 Å². The number of rotatable bonds is 4. The van der Waals surface area contributed by atoms with Crippen molar-refractivity contribution in [3.05, 3.63) is 24.3 Å². The Labute approximate surface area is 125 Å². The maximum atomic E-state index is 11.9. The third-order valence-electron chi connectivity index (χ3n) is 3.28. The minimum absolute atomic E-state index is 0. The van der Waals surface area contributed by atoms with Gasteiger partial charge < -0.3 is 15.8 Å². The fourth-order valence-corrected chi connectivity index (χ4v) is 2.31. The number of benzene rings is 1. The van der Waals surface area contributed by atoms with E-state index in [9.17, 15) is 4.79 Å². The van der Waals surface area contributed by atoms with E-state index in [2.05, 4.69) is 10.2 Å². The first-order chi connectivity index (χ1) is 9.17. The molecule has 0 saturated carbocycles. The predicted molar refractivity (Wildman–Crippen MR) is 82.5 cm³/mol. The summed E-state index contributed by atoms with van der Waals surface area (Å²) < 4.78 is 5.07. The van der Waals surface area contributed by atoms with Crippen LogP contribution in [0.4, 0.5) is 5.69 Å². The Morgan fingerprint density at radius 2 is 2.15 bits per heavy atom. The maximum absolute atomic E-state index is 11.9. The second-order valence-electron chi connectivity index (χ2n) is 4.91. The Balaban J connectivity index is 0.00000200. The number of nitrogens with zero attached hydrogens (tertiary/aromatic N) is 1. The molecule has 1 amide bonds. The summed E-state index contributed by atoms with van der Waals surface area (Å²) in [4.78, 5) is 14.0. The molecule has 0 bridgehead atoms. The minimum Gasteiger partial charge on any atom is -0.497 e. The van der Waals surface area contributed by atoms with Crippen LogP contribution in [-0.2, 0) is 4.79 Å². The molecule has 5 nitrogen and oxygen atoms in total. The van der Waals surface area contributed by atoms with Crippen LogP contribution < -0.4 is 15.8 Å². The molecule has 0 aliphatic carbocycles. The number of hydrogen-bond donors (Lipinski definition) is 2. The summed E-state index contributed by atoms with van der Waals surface area (Å²) in [7, 11) is 1.62. The molecule has 6 heteroatoms. The molecular formula is C14H22ClN3O2. The number of nitrogens with one attached hydrogen (secondary N) is 1. The summed E-state index contributed by atoms with van der Waals surface area (Å²) in [5.41, 5.74) is 6.68. The molecule has 1 fully saturated rings. The Kier molecular flexibility index (Phi) is 6.78. The van der Waals surface area contributed by atoms with E-state index in [1.807, 2.05) is 24.3 Å². The lowest BCUT2D eigenvalue weighted by Gasteiger charge is -2.29. The smallest absolute Gasteiger partial charge is 0.238 e. The molecule has 1 atom stereocenters. The molecule has 112 valence electrons. The highest BCUT2D eigenvalue weighted by atomic mass is 35.5. The zero-order valence-corrected chi connectivity index (χ0v) is 12.5. The number of carbonyl (C=O) groups is 1. The van der Waals surface area contributed by atoms with Crippen molar-refractivity contribution >= 4 is 24.0 Å². The number of methoxy groups -OCH3 is 1. The molecule has 2 rings (SSSR count). The van der Waals surface area contributed by atoms with Crippen LogP contribution in [0, 0.1) is 0 Å². The van der Waals surface area contributed by atoms with Gasteiger partial charge >= 0.3 is 0 Å². The van der Waals surface area contributed by atoms with Gasteiger partial charge in [0.15, 0.2) is 0 Å². The predicted octanol–water partition coefficient (Wildman–Crippen LogP) is 1.48. The average molecular weight is 300 g/mol. The molecule has 0 spiro atoms. The number of piperidine rings is 1. The Morgan fingerprint density at radius 3 is 2.75 bits per heavy atom. The molecule has 1 saturated heterocycles. The van der Waals surface area contributed by atoms with E-state index in [-0.39, 0.29) is 24.4 Å². The lowest BCUT2D eigenvalue weighted by atomic mass is 10.1. The van der Waals surface area contributed by atoms with Crippen molar-refractivity contribution in [3.63, 3.8) is 0 Å². The van der Waals surface area contributed by atoms with Gasteiger partial charge in [0.2, 0.25) is 5.91 Å². The number of hydrogen-bond acceptors (Lipinski definition) is 4. The highest BCUT2D eigenvalue weighted by molar-refractivity contribution is 5.92. The highest BCUT2D eigenvalue weighted by Gasteiger charge is 2.18. The Bertz CT molecular complexity index is 425. The first kappa shape index (κ1) is 16.8. The summed E-state index contributed by atoms with van der Waals surface area (Å²) in [6.07, 6.45) is 2.12. The fourth-order valence-electron chi connectivity index (χ4n) is 2.31. The number of likely N-dealkylation sites (tertiary alicyclic amines) is 1. The van der Waals surface area contributed by atoms with Crippen LogP contribution in [0.2, 0.25) is 0 Å². The molecule has 0 aromatic heterocycles. The van der Waals surface area contributed by atoms with Crippen LogP contribution in [0.25, 0.3) is 0 Å². The van der Waals surface area contributed by atoms with E-state index >= 15 is 0 Å². The molecule has 1 aliphatic heterocycles. The van der Waals surface area contributed by atoms with Crippen LogP contribution in [0.5, 0.6) is 5.75 Å². The van der Waals surface area contributed by atoms with Gasteiger partial charge in [-0.25, -0.2) is 0 Å². The number of anilines is 1. The first-order valence-electron chi connectivity index (χ1n) is 6.59. The van der Waals surface area contributed by atoms with Gasteiger partial charge in [0.25, 0.3) is 0 Å². The monoisotopic (exact) mass is 299 g/mol. The summed E-state index contributed by atoms with van der Waals surface area (Å²) in [6, 6.07) is 7.51. The van der Waals surface area contributed by atoms with E-state index in [0.29, 0.717) is 6.54 Å². The zero-order chi connectivity index (χ0) is 13.7. The summed E-state index contributed by atoms with van der Waals surface area (Å²) in [6.45, 7) is 2.15. The minimum atomic E-state index is -0.000679. The van der Waals surface area contributed by atoms with Crippen LogP contribution in [0.3, 0.4) is 0 Å². The second-order valence-corrected chi connectivity index (χ2v) is 4.91. The number of carbonyl (C=O) groups excluding carboxylic acids is 1. The van der Waals surface area contributed by atoms with Gasteiger partial charge in [-0.3, -0.25) is 9.69 Å². The summed E-state index contributed by atoms with van der Waals surface area (Å²) in [5.74, 6) is 0.777. The van der Waals surface area contributed by atoms with Crippen LogP contribution >= 0.6 is 12.4 Å². The SMILES string of the molecule is COc1ccc(NC(=O)CN2CCC[C@@H](N)C2)cc1.Cl. The molecule has 20 heavy (non-hydrogen) atoms. The number of nitrogens with two attached hydrogens (primary N) is 1. The molecule has 1 aromatic rings. The van der Waals surface area contributed by atoms with Gasteiger partial charge in [0.1, 0.15) is 5.75 Å². The average Bonchev–Trinajstić information content (AvgIpc) is 2.39. The molecule has 0 radical (unpaired) electrons. The van der Waals surface area contributed by atoms with Gasteiger partial charge in [-0.15, -0.1) is 12.4 Å². The van der Waals surface area contributed by atoms with Gasteiger partial charge in [-0.05, 0) is 43.7 Å². The van der Waals surface area contributed by atoms with E-state index < -0.39 is 0 Å². The quantitative estimate of drug-likeness (QED) is 0.884. The van der Waals surface area contributed by atoms with Crippen molar-refractivity contribution in [3.8, 4) is 5.75 Å². The number of amides is 1. The van der Waals surface area contributed by atoms with E-state index in [1.165, 1.54) is 0 Å². The third-order valence-corrected chi connectivity index (χ3v) is 3.28. The van der Waals surface area contributed by atoms with Crippen molar-refractivity contribution in [1.82, 2.24) is 4.90 Å². The van der Waals surface area contributed by atoms with E-state index in [0.717, 1.165) is 37.4 Å². The van der Waals surface area contributed by atoms with Crippen molar-refractivity contribution in [2.75, 3.05) is 32.1 Å². The number of ether oxygens (including phenoxy) is 1. The van der Waals surface area contributed by atoms with E-state index in [4.69, 9.17) is 10.5 Å². The first-order valence-corrected chi connectivity index (χ1v) is 6.59. The van der Waals surface area contributed by atoms with Crippen molar-refractivity contribution in [2.45, 2.75) is 18.9 Å². The second kappa shape index (κ2) is 8.09. The lowest BCUT2D eigenvalue weighted by Crippen LogP contribution is -2.45. The molecular weight excluding hydrogens is 278 g/mol. The van der Waals surface area contributed by atoms with Crippen LogP contribution in [-0.4, -0.2) is 43.6 Å². The lowest BCUT2D eigenvalue weighted by molar-refractivity contribution is -0.117. The Morgan fingerprint density at radius 1 is 1.45 bits per heavy atom. The van der Waals surface area contributed by atoms with Gasteiger partial charge in [0, 0.05) is 18.3 Å². The fraction of sp³-hybridized carbons (Fsp3) is 0.500. The highest BCUT2D eigenvalue weighted by Crippen LogP contribution is 2.15. The van der Waals surface area contributed by atoms with Crippen LogP contribution in [0.1, 0.15) is 12.8 Å². The third kappa shape index (κ3) is 5.00. The normalized spacial score (nSPS) is 19.0. The zero-order valence-electron chi connectivity index (χ0n) is 11.7. The molecule has 3 N–H and O–H groups in total. The van der Waals surface area contributed by atoms with Crippen molar-refractivity contribution in [2.24, 2.45) is 5.73 Å². The Hall–Kier alpha value is -1.30. The molecule has 1 heterocycles. The van der Waals surface area contributed by atoms with Crippen molar-refractivity contribution in [1.29, 1.82) is 0 Å². The van der Waals surface area contributed by atoms with Gasteiger partial charge in [0.05, 0.1) is 13.7 Å². The number of halogens is 1. The topological polar surface area (TPSA) is 67.6 Å². The van der Waals surface area contributed by atoms with Crippen LogP contribution in [0.15, 0.2) is 24.3 Å². The van der Waals surface area contributed by atoms with Gasteiger partial charge in [-0.2, -0.15) is 0 Å². The largest absolute Gasteiger partial charge is 0.497 e. The van der Waals surface area contributed by atoms with Gasteiger partial charge in [-0.1, -0.05) is 0 Å². The maximum Gasteiger partial charge on any atom is 0.238 e.